The number of pyridine rings is 1. The van der Waals surface area contributed by atoms with Gasteiger partial charge in [-0.15, -0.1) is 0 Å². The third-order valence-electron chi connectivity index (χ3n) is 2.55. The number of halogens is 1. The standard InChI is InChI=1S/C11H17BrN2/c1-4-9(5-2)14(3)11-8-6-7-10(12)13-11/h6-9H,4-5H2,1-3H3. The number of nitrogens with zero attached hydrogens (tertiary/aromatic N) is 2. The van der Waals surface area contributed by atoms with Gasteiger partial charge in [-0.25, -0.2) is 4.98 Å². The van der Waals surface area contributed by atoms with E-state index in [4.69, 9.17) is 0 Å². The van der Waals surface area contributed by atoms with Gasteiger partial charge in [0.1, 0.15) is 10.4 Å². The fourth-order valence-electron chi connectivity index (χ4n) is 1.62. The Morgan fingerprint density at radius 2 is 2.00 bits per heavy atom. The maximum Gasteiger partial charge on any atom is 0.129 e. The molecule has 0 fully saturated rings. The maximum atomic E-state index is 4.43. The lowest BCUT2D eigenvalue weighted by atomic mass is 10.1. The number of hydrogen-bond donors (Lipinski definition) is 0. The van der Waals surface area contributed by atoms with Gasteiger partial charge in [-0.1, -0.05) is 19.9 Å². The molecule has 0 N–H and O–H groups in total. The van der Waals surface area contributed by atoms with Crippen LogP contribution < -0.4 is 4.90 Å². The molecule has 0 bridgehead atoms. The van der Waals surface area contributed by atoms with Crippen molar-refractivity contribution >= 4 is 21.7 Å². The summed E-state index contributed by atoms with van der Waals surface area (Å²) in [7, 11) is 2.10. The van der Waals surface area contributed by atoms with Crippen LogP contribution in [0.3, 0.4) is 0 Å². The van der Waals surface area contributed by atoms with E-state index in [9.17, 15) is 0 Å². The molecule has 0 unspecified atom stereocenters. The lowest BCUT2D eigenvalue weighted by Crippen LogP contribution is -2.30. The van der Waals surface area contributed by atoms with Gasteiger partial charge >= 0.3 is 0 Å². The van der Waals surface area contributed by atoms with E-state index in [0.717, 1.165) is 23.3 Å². The molecular formula is C11H17BrN2. The molecule has 1 rings (SSSR count). The normalized spacial score (nSPS) is 10.6. The first-order valence-corrected chi connectivity index (χ1v) is 5.83. The highest BCUT2D eigenvalue weighted by Crippen LogP contribution is 2.18. The lowest BCUT2D eigenvalue weighted by molar-refractivity contribution is 0.586. The molecule has 2 nitrogen and oxygen atoms in total. The van der Waals surface area contributed by atoms with Gasteiger partial charge in [-0.3, -0.25) is 0 Å². The smallest absolute Gasteiger partial charge is 0.129 e. The lowest BCUT2D eigenvalue weighted by Gasteiger charge is -2.27. The monoisotopic (exact) mass is 256 g/mol. The van der Waals surface area contributed by atoms with Gasteiger partial charge in [0.25, 0.3) is 0 Å². The zero-order valence-corrected chi connectivity index (χ0v) is 10.6. The fourth-order valence-corrected chi connectivity index (χ4v) is 1.95. The number of hydrogen-bond acceptors (Lipinski definition) is 2. The van der Waals surface area contributed by atoms with Gasteiger partial charge in [0.2, 0.25) is 0 Å². The first-order valence-electron chi connectivity index (χ1n) is 5.04. The Morgan fingerprint density at radius 1 is 1.36 bits per heavy atom. The summed E-state index contributed by atoms with van der Waals surface area (Å²) in [5.74, 6) is 1.04. The van der Waals surface area contributed by atoms with Crippen LogP contribution in [0.4, 0.5) is 5.82 Å². The van der Waals surface area contributed by atoms with Crippen LogP contribution in [-0.4, -0.2) is 18.1 Å². The maximum absolute atomic E-state index is 4.43. The van der Waals surface area contributed by atoms with Gasteiger partial charge in [0.05, 0.1) is 0 Å². The number of aromatic nitrogens is 1. The summed E-state index contributed by atoms with van der Waals surface area (Å²) in [5.41, 5.74) is 0. The summed E-state index contributed by atoms with van der Waals surface area (Å²) in [4.78, 5) is 6.67. The second kappa shape index (κ2) is 5.35. The third kappa shape index (κ3) is 2.71. The van der Waals surface area contributed by atoms with Crippen molar-refractivity contribution in [3.8, 4) is 0 Å². The van der Waals surface area contributed by atoms with Crippen LogP contribution in [0, 0.1) is 0 Å². The van der Waals surface area contributed by atoms with Crippen LogP contribution in [0.25, 0.3) is 0 Å². The SMILES string of the molecule is CCC(CC)N(C)c1cccc(Br)n1. The first-order chi connectivity index (χ1) is 6.69. The highest BCUT2D eigenvalue weighted by atomic mass is 79.9. The minimum absolute atomic E-state index is 0.580. The predicted molar refractivity (Wildman–Crippen MR) is 64.7 cm³/mol. The molecule has 1 aromatic rings. The van der Waals surface area contributed by atoms with Gasteiger partial charge in [0.15, 0.2) is 0 Å². The quantitative estimate of drug-likeness (QED) is 0.768. The molecule has 0 saturated heterocycles. The molecule has 0 atom stereocenters. The van der Waals surface area contributed by atoms with E-state index < -0.39 is 0 Å². The summed E-state index contributed by atoms with van der Waals surface area (Å²) < 4.78 is 0.896. The summed E-state index contributed by atoms with van der Waals surface area (Å²) in [6.45, 7) is 4.42. The zero-order valence-electron chi connectivity index (χ0n) is 9.00. The summed E-state index contributed by atoms with van der Waals surface area (Å²) in [5, 5.41) is 0. The van der Waals surface area contributed by atoms with Crippen molar-refractivity contribution in [1.29, 1.82) is 0 Å². The van der Waals surface area contributed by atoms with E-state index >= 15 is 0 Å². The average molecular weight is 257 g/mol. The van der Waals surface area contributed by atoms with Crippen molar-refractivity contribution in [1.82, 2.24) is 4.98 Å². The largest absolute Gasteiger partial charge is 0.357 e. The molecule has 0 aliphatic heterocycles. The first kappa shape index (κ1) is 11.5. The van der Waals surface area contributed by atoms with Crippen molar-refractivity contribution in [2.45, 2.75) is 32.7 Å². The Morgan fingerprint density at radius 3 is 2.50 bits per heavy atom. The van der Waals surface area contributed by atoms with Crippen molar-refractivity contribution in [3.63, 3.8) is 0 Å². The van der Waals surface area contributed by atoms with Gasteiger partial charge in [-0.05, 0) is 40.9 Å². The average Bonchev–Trinajstić information content (AvgIpc) is 2.19. The van der Waals surface area contributed by atoms with E-state index in [1.54, 1.807) is 0 Å². The molecule has 0 spiro atoms. The van der Waals surface area contributed by atoms with Crippen LogP contribution in [0.15, 0.2) is 22.8 Å². The van der Waals surface area contributed by atoms with E-state index in [1.807, 2.05) is 18.2 Å². The van der Waals surface area contributed by atoms with Crippen molar-refractivity contribution in [3.05, 3.63) is 22.8 Å². The Kier molecular flexibility index (Phi) is 4.39. The van der Waals surface area contributed by atoms with E-state index in [1.165, 1.54) is 0 Å². The van der Waals surface area contributed by atoms with Crippen LogP contribution in [0.1, 0.15) is 26.7 Å². The second-order valence-electron chi connectivity index (χ2n) is 3.40. The highest BCUT2D eigenvalue weighted by molar-refractivity contribution is 9.10. The third-order valence-corrected chi connectivity index (χ3v) is 2.99. The van der Waals surface area contributed by atoms with E-state index in [-0.39, 0.29) is 0 Å². The summed E-state index contributed by atoms with van der Waals surface area (Å²) in [6.07, 6.45) is 2.31. The zero-order chi connectivity index (χ0) is 10.6. The molecule has 78 valence electrons. The molecule has 3 heteroatoms. The van der Waals surface area contributed by atoms with Gasteiger partial charge in [0, 0.05) is 13.1 Å². The molecule has 0 aliphatic rings. The number of rotatable bonds is 4. The number of anilines is 1. The van der Waals surface area contributed by atoms with Gasteiger partial charge in [-0.2, -0.15) is 0 Å². The molecule has 0 saturated carbocycles. The molecule has 0 radical (unpaired) electrons. The van der Waals surface area contributed by atoms with Crippen molar-refractivity contribution in [2.75, 3.05) is 11.9 Å². The molecular weight excluding hydrogens is 240 g/mol. The molecule has 0 aliphatic carbocycles. The Labute approximate surface area is 94.5 Å². The van der Waals surface area contributed by atoms with Crippen molar-refractivity contribution in [2.24, 2.45) is 0 Å². The van der Waals surface area contributed by atoms with E-state index in [0.29, 0.717) is 6.04 Å². The van der Waals surface area contributed by atoms with Crippen LogP contribution in [0.2, 0.25) is 0 Å². The van der Waals surface area contributed by atoms with Gasteiger partial charge < -0.3 is 4.90 Å². The molecule has 14 heavy (non-hydrogen) atoms. The summed E-state index contributed by atoms with van der Waals surface area (Å²) in [6, 6.07) is 6.59. The predicted octanol–water partition coefficient (Wildman–Crippen LogP) is 3.47. The molecule has 0 amide bonds. The minimum Gasteiger partial charge on any atom is -0.357 e. The Balaban J connectivity index is 2.82. The van der Waals surface area contributed by atoms with E-state index in [2.05, 4.69) is 46.7 Å². The topological polar surface area (TPSA) is 16.1 Å². The van der Waals surface area contributed by atoms with Crippen LogP contribution in [-0.2, 0) is 0 Å². The Hall–Kier alpha value is -0.570. The molecule has 1 heterocycles. The molecule has 1 aromatic heterocycles. The molecule has 0 aromatic carbocycles. The Bertz CT molecular complexity index is 284. The highest BCUT2D eigenvalue weighted by Gasteiger charge is 2.11. The van der Waals surface area contributed by atoms with Crippen molar-refractivity contribution < 1.29 is 0 Å². The van der Waals surface area contributed by atoms with Crippen LogP contribution >= 0.6 is 15.9 Å². The van der Waals surface area contributed by atoms with Crippen LogP contribution in [0.5, 0.6) is 0 Å². The summed E-state index contributed by atoms with van der Waals surface area (Å²) >= 11 is 3.39. The second-order valence-corrected chi connectivity index (χ2v) is 4.21. The minimum atomic E-state index is 0.580. The fraction of sp³-hybridized carbons (Fsp3) is 0.545.